The van der Waals surface area contributed by atoms with E-state index in [0.717, 1.165) is 48.4 Å². The maximum absolute atomic E-state index is 10.8. The highest BCUT2D eigenvalue weighted by Crippen LogP contribution is 2.37. The number of aliphatic carboxylic acids is 1. The number of fused-ring (bicyclic) bond motifs is 1. The number of carbonyl (C=O) groups is 1. The van der Waals surface area contributed by atoms with Crippen molar-refractivity contribution in [1.82, 2.24) is 5.32 Å². The molecule has 2 aromatic carbocycles. The van der Waals surface area contributed by atoms with Gasteiger partial charge < -0.3 is 29.4 Å². The van der Waals surface area contributed by atoms with Crippen LogP contribution in [0.4, 0.5) is 0 Å². The second kappa shape index (κ2) is 13.0. The molecular weight excluding hydrogens is 446 g/mol. The van der Waals surface area contributed by atoms with Gasteiger partial charge in [-0.25, -0.2) is 0 Å². The van der Waals surface area contributed by atoms with Crippen LogP contribution in [0.1, 0.15) is 60.9 Å². The number of carboxylic acids is 1. The molecular formula is C28H37NO6. The lowest BCUT2D eigenvalue weighted by Gasteiger charge is -2.26. The average molecular weight is 484 g/mol. The molecule has 2 N–H and O–H groups in total. The van der Waals surface area contributed by atoms with Crippen LogP contribution in [-0.4, -0.2) is 45.1 Å². The molecule has 0 bridgehead atoms. The molecule has 0 fully saturated rings. The van der Waals surface area contributed by atoms with Gasteiger partial charge in [0.05, 0.1) is 33.5 Å². The molecule has 2 aromatic rings. The third-order valence-electron chi connectivity index (χ3n) is 6.09. The SMILES string of the molecule is CCCCOc1cc2c(cc1OC)C(/C=C/c1cc(OCCCC(=O)O)c(OC)cc1C)NCC2. The largest absolute Gasteiger partial charge is 0.493 e. The Bertz CT molecular complexity index is 1030. The van der Waals surface area contributed by atoms with E-state index in [1.165, 1.54) is 11.1 Å². The van der Waals surface area contributed by atoms with E-state index in [1.807, 2.05) is 19.1 Å². The number of ether oxygens (including phenoxy) is 4. The second-order valence-electron chi connectivity index (χ2n) is 8.65. The number of methoxy groups -OCH3 is 2. The van der Waals surface area contributed by atoms with E-state index in [1.54, 1.807) is 14.2 Å². The summed E-state index contributed by atoms with van der Waals surface area (Å²) in [5.74, 6) is 1.97. The molecule has 190 valence electrons. The van der Waals surface area contributed by atoms with Gasteiger partial charge in [-0.1, -0.05) is 25.5 Å². The summed E-state index contributed by atoms with van der Waals surface area (Å²) in [6.07, 6.45) is 7.78. The number of unbranched alkanes of at least 4 members (excludes halogenated alkanes) is 1. The van der Waals surface area contributed by atoms with Crippen molar-refractivity contribution in [2.24, 2.45) is 0 Å². The van der Waals surface area contributed by atoms with Crippen molar-refractivity contribution in [3.63, 3.8) is 0 Å². The monoisotopic (exact) mass is 483 g/mol. The maximum atomic E-state index is 10.8. The maximum Gasteiger partial charge on any atom is 0.303 e. The van der Waals surface area contributed by atoms with Crippen LogP contribution >= 0.6 is 0 Å². The topological polar surface area (TPSA) is 86.3 Å². The Labute approximate surface area is 208 Å². The Hall–Kier alpha value is -3.19. The molecule has 1 aliphatic heterocycles. The summed E-state index contributed by atoms with van der Waals surface area (Å²) < 4.78 is 22.9. The normalized spacial score (nSPS) is 15.0. The molecule has 0 aliphatic carbocycles. The Morgan fingerprint density at radius 1 is 1.03 bits per heavy atom. The summed E-state index contributed by atoms with van der Waals surface area (Å²) in [7, 11) is 3.28. The van der Waals surface area contributed by atoms with Crippen molar-refractivity contribution in [2.45, 2.75) is 52.0 Å². The molecule has 35 heavy (non-hydrogen) atoms. The summed E-state index contributed by atoms with van der Waals surface area (Å²) in [5, 5.41) is 12.4. The molecule has 1 aliphatic rings. The first-order valence-electron chi connectivity index (χ1n) is 12.2. The number of rotatable bonds is 13. The fourth-order valence-corrected chi connectivity index (χ4v) is 4.10. The van der Waals surface area contributed by atoms with E-state index in [4.69, 9.17) is 24.1 Å². The van der Waals surface area contributed by atoms with Gasteiger partial charge in [0.2, 0.25) is 0 Å². The fourth-order valence-electron chi connectivity index (χ4n) is 4.10. The minimum absolute atomic E-state index is 0.0405. The number of nitrogens with one attached hydrogen (secondary N) is 1. The lowest BCUT2D eigenvalue weighted by molar-refractivity contribution is -0.137. The number of benzene rings is 2. The van der Waals surface area contributed by atoms with Crippen LogP contribution in [0.3, 0.4) is 0 Å². The highest BCUT2D eigenvalue weighted by Gasteiger charge is 2.21. The van der Waals surface area contributed by atoms with Gasteiger partial charge in [0.1, 0.15) is 0 Å². The zero-order valence-corrected chi connectivity index (χ0v) is 21.2. The Morgan fingerprint density at radius 2 is 1.71 bits per heavy atom. The van der Waals surface area contributed by atoms with Gasteiger partial charge in [0, 0.05) is 13.0 Å². The van der Waals surface area contributed by atoms with E-state index < -0.39 is 5.97 Å². The van der Waals surface area contributed by atoms with E-state index >= 15 is 0 Å². The smallest absolute Gasteiger partial charge is 0.303 e. The highest BCUT2D eigenvalue weighted by molar-refractivity contribution is 5.66. The van der Waals surface area contributed by atoms with E-state index in [2.05, 4.69) is 36.5 Å². The summed E-state index contributed by atoms with van der Waals surface area (Å²) in [6, 6.07) is 8.12. The van der Waals surface area contributed by atoms with Crippen LogP contribution < -0.4 is 24.3 Å². The average Bonchev–Trinajstić information content (AvgIpc) is 2.85. The summed E-state index contributed by atoms with van der Waals surface area (Å²) in [6.45, 7) is 6.05. The first kappa shape index (κ1) is 26.4. The van der Waals surface area contributed by atoms with Gasteiger partial charge >= 0.3 is 5.97 Å². The molecule has 1 atom stereocenters. The van der Waals surface area contributed by atoms with E-state index in [-0.39, 0.29) is 12.5 Å². The molecule has 0 saturated carbocycles. The molecule has 0 saturated heterocycles. The van der Waals surface area contributed by atoms with Gasteiger partial charge in [-0.05, 0) is 72.7 Å². The quantitative estimate of drug-likeness (QED) is 0.372. The number of aryl methyl sites for hydroxylation is 1. The predicted molar refractivity (Wildman–Crippen MR) is 137 cm³/mol. The Balaban J connectivity index is 1.81. The van der Waals surface area contributed by atoms with Crippen LogP contribution in [0.2, 0.25) is 0 Å². The number of carboxylic acid groups (broad SMARTS) is 1. The Kier molecular flexibility index (Phi) is 9.85. The molecule has 1 heterocycles. The molecule has 7 heteroatoms. The van der Waals surface area contributed by atoms with Crippen molar-refractivity contribution in [3.05, 3.63) is 52.6 Å². The highest BCUT2D eigenvalue weighted by atomic mass is 16.5. The molecule has 0 amide bonds. The van der Waals surface area contributed by atoms with Crippen LogP contribution in [-0.2, 0) is 11.2 Å². The second-order valence-corrected chi connectivity index (χ2v) is 8.65. The van der Waals surface area contributed by atoms with E-state index in [0.29, 0.717) is 31.1 Å². The standard InChI is InChI=1S/C28H37NO6/c1-5-6-13-34-27-17-21-11-12-29-23(22(21)18-25(27)33-4)10-9-20-16-26(24(32-3)15-19(20)2)35-14-7-8-28(30)31/h9-10,15-18,23,29H,5-8,11-14H2,1-4H3,(H,30,31)/b10-9+. The fraction of sp³-hybridized carbons (Fsp3) is 0.464. The minimum Gasteiger partial charge on any atom is -0.493 e. The molecule has 1 unspecified atom stereocenters. The molecule has 3 rings (SSSR count). The van der Waals surface area contributed by atoms with Gasteiger partial charge in [0.25, 0.3) is 0 Å². The van der Waals surface area contributed by atoms with Crippen LogP contribution in [0.15, 0.2) is 30.3 Å². The van der Waals surface area contributed by atoms with E-state index in [9.17, 15) is 4.79 Å². The predicted octanol–water partition coefficient (Wildman–Crippen LogP) is 5.33. The first-order valence-corrected chi connectivity index (χ1v) is 12.2. The molecule has 0 spiro atoms. The third kappa shape index (κ3) is 7.15. The van der Waals surface area contributed by atoms with Crippen LogP contribution in [0.25, 0.3) is 6.08 Å². The van der Waals surface area contributed by atoms with Crippen molar-refractivity contribution in [1.29, 1.82) is 0 Å². The van der Waals surface area contributed by atoms with Crippen LogP contribution in [0, 0.1) is 6.92 Å². The lowest BCUT2D eigenvalue weighted by atomic mass is 9.92. The molecule has 0 aromatic heterocycles. The summed E-state index contributed by atoms with van der Waals surface area (Å²) in [5.41, 5.74) is 4.52. The van der Waals surface area contributed by atoms with Gasteiger partial charge in [-0.15, -0.1) is 0 Å². The van der Waals surface area contributed by atoms with Gasteiger partial charge in [-0.3, -0.25) is 4.79 Å². The van der Waals surface area contributed by atoms with Crippen molar-refractivity contribution < 1.29 is 28.8 Å². The summed E-state index contributed by atoms with van der Waals surface area (Å²) >= 11 is 0. The van der Waals surface area contributed by atoms with Gasteiger partial charge in [-0.2, -0.15) is 0 Å². The van der Waals surface area contributed by atoms with Crippen molar-refractivity contribution >= 4 is 12.0 Å². The zero-order valence-electron chi connectivity index (χ0n) is 21.2. The molecule has 0 radical (unpaired) electrons. The van der Waals surface area contributed by atoms with Crippen LogP contribution in [0.5, 0.6) is 23.0 Å². The first-order chi connectivity index (χ1) is 17.0. The number of hydrogen-bond donors (Lipinski definition) is 2. The summed E-state index contributed by atoms with van der Waals surface area (Å²) in [4.78, 5) is 10.8. The molecule has 7 nitrogen and oxygen atoms in total. The minimum atomic E-state index is -0.829. The zero-order chi connectivity index (χ0) is 25.2. The van der Waals surface area contributed by atoms with Crippen molar-refractivity contribution in [2.75, 3.05) is 34.0 Å². The van der Waals surface area contributed by atoms with Gasteiger partial charge in [0.15, 0.2) is 23.0 Å². The lowest BCUT2D eigenvalue weighted by Crippen LogP contribution is -2.28. The third-order valence-corrected chi connectivity index (χ3v) is 6.09. The number of hydrogen-bond acceptors (Lipinski definition) is 6. The van der Waals surface area contributed by atoms with Crippen molar-refractivity contribution in [3.8, 4) is 23.0 Å². The Morgan fingerprint density at radius 3 is 2.40 bits per heavy atom.